The van der Waals surface area contributed by atoms with Gasteiger partial charge in [0.15, 0.2) is 0 Å². The van der Waals surface area contributed by atoms with Crippen LogP contribution >= 0.6 is 0 Å². The van der Waals surface area contributed by atoms with Gasteiger partial charge in [-0.15, -0.1) is 5.10 Å². The Kier molecular flexibility index (Phi) is 2.98. The highest BCUT2D eigenvalue weighted by Gasteiger charge is 2.22. The van der Waals surface area contributed by atoms with Crippen LogP contribution in [0.15, 0.2) is 0 Å². The third kappa shape index (κ3) is 1.99. The largest absolute Gasteiger partial charge is 0.395 e. The molecule has 0 fully saturated rings. The molecule has 0 radical (unpaired) electrons. The van der Waals surface area contributed by atoms with Gasteiger partial charge < -0.3 is 15.3 Å². The second kappa shape index (κ2) is 4.65. The molecule has 0 aliphatic heterocycles. The minimum atomic E-state index is 0.0911. The van der Waals surface area contributed by atoms with Gasteiger partial charge in [0.1, 0.15) is 5.82 Å². The lowest BCUT2D eigenvalue weighted by molar-refractivity contribution is 0.311. The quantitative estimate of drug-likeness (QED) is 0.812. The summed E-state index contributed by atoms with van der Waals surface area (Å²) in [5.74, 6) is 2.18. The third-order valence-corrected chi connectivity index (χ3v) is 3.30. The van der Waals surface area contributed by atoms with Gasteiger partial charge in [-0.25, -0.2) is 4.98 Å². The maximum Gasteiger partial charge on any atom is 0.256 e. The van der Waals surface area contributed by atoms with Crippen LogP contribution in [0, 0.1) is 0 Å². The summed E-state index contributed by atoms with van der Waals surface area (Å²) in [7, 11) is 3.81. The Hall–Kier alpha value is -1.89. The third-order valence-electron chi connectivity index (χ3n) is 3.30. The fraction of sp³-hybridized carbons (Fsp3) is 0.583. The minimum Gasteiger partial charge on any atom is -0.395 e. The first kappa shape index (κ1) is 12.2. The number of aliphatic hydroxyl groups excluding tert-OH is 1. The molecule has 0 atom stereocenters. The molecule has 3 rings (SSSR count). The zero-order chi connectivity index (χ0) is 13.4. The number of nitrogens with zero attached hydrogens (tertiary/aromatic N) is 5. The molecule has 0 saturated carbocycles. The first-order valence-electron chi connectivity index (χ1n) is 6.51. The molecule has 19 heavy (non-hydrogen) atoms. The number of aromatic nitrogens is 4. The van der Waals surface area contributed by atoms with Gasteiger partial charge in [0.25, 0.3) is 5.78 Å². The van der Waals surface area contributed by atoms with Crippen LogP contribution < -0.4 is 10.2 Å². The first-order valence-corrected chi connectivity index (χ1v) is 6.51. The van der Waals surface area contributed by atoms with Crippen molar-refractivity contribution in [2.24, 2.45) is 0 Å². The van der Waals surface area contributed by atoms with E-state index in [1.807, 2.05) is 19.0 Å². The number of fused-ring (bicyclic) bond motifs is 2. The molecule has 1 aliphatic carbocycles. The number of hydrogen-bond acceptors (Lipinski definition) is 6. The molecule has 0 aromatic carbocycles. The molecular formula is C12H18N6O. The lowest BCUT2D eigenvalue weighted by Crippen LogP contribution is -2.14. The van der Waals surface area contributed by atoms with E-state index in [0.29, 0.717) is 18.3 Å². The summed E-state index contributed by atoms with van der Waals surface area (Å²) < 4.78 is 1.75. The molecule has 0 saturated heterocycles. The molecular weight excluding hydrogens is 244 g/mol. The average Bonchev–Trinajstić information content (AvgIpc) is 2.99. The zero-order valence-electron chi connectivity index (χ0n) is 11.2. The van der Waals surface area contributed by atoms with Gasteiger partial charge in [-0.05, 0) is 19.3 Å². The average molecular weight is 262 g/mol. The van der Waals surface area contributed by atoms with E-state index in [2.05, 4.69) is 20.4 Å². The molecule has 2 aromatic heterocycles. The van der Waals surface area contributed by atoms with Crippen molar-refractivity contribution in [1.29, 1.82) is 0 Å². The molecule has 1 aliphatic rings. The van der Waals surface area contributed by atoms with Crippen LogP contribution in [0.4, 0.5) is 11.8 Å². The van der Waals surface area contributed by atoms with Crippen molar-refractivity contribution in [3.05, 3.63) is 11.3 Å². The van der Waals surface area contributed by atoms with Crippen LogP contribution in [-0.2, 0) is 12.8 Å². The topological polar surface area (TPSA) is 78.6 Å². The molecule has 0 spiro atoms. The van der Waals surface area contributed by atoms with E-state index >= 15 is 0 Å². The standard InChI is InChI=1S/C12H18N6O/c1-17(2)12-15-11-14-9-5-3-4-8(9)10(13-6-7-19)18(11)16-12/h13,19H,3-7H2,1-2H3. The lowest BCUT2D eigenvalue weighted by atomic mass is 10.2. The fourth-order valence-corrected chi connectivity index (χ4v) is 2.42. The number of hydrogen-bond donors (Lipinski definition) is 2. The van der Waals surface area contributed by atoms with E-state index in [9.17, 15) is 0 Å². The summed E-state index contributed by atoms with van der Waals surface area (Å²) >= 11 is 0. The Bertz CT molecular complexity index is 606. The Morgan fingerprint density at radius 1 is 1.32 bits per heavy atom. The minimum absolute atomic E-state index is 0.0911. The summed E-state index contributed by atoms with van der Waals surface area (Å²) in [6.45, 7) is 0.594. The monoisotopic (exact) mass is 262 g/mol. The summed E-state index contributed by atoms with van der Waals surface area (Å²) in [6, 6.07) is 0. The van der Waals surface area contributed by atoms with Gasteiger partial charge in [0.05, 0.1) is 12.3 Å². The number of aliphatic hydroxyl groups is 1. The van der Waals surface area contributed by atoms with Gasteiger partial charge >= 0.3 is 0 Å². The molecule has 102 valence electrons. The molecule has 7 nitrogen and oxygen atoms in total. The molecule has 7 heteroatoms. The maximum atomic E-state index is 9.01. The van der Waals surface area contributed by atoms with E-state index in [-0.39, 0.29) is 6.61 Å². The Balaban J connectivity index is 2.16. The second-order valence-electron chi connectivity index (χ2n) is 4.91. The molecule has 2 aromatic rings. The van der Waals surface area contributed by atoms with E-state index in [4.69, 9.17) is 5.11 Å². The van der Waals surface area contributed by atoms with E-state index in [1.54, 1.807) is 4.52 Å². The molecule has 0 amide bonds. The SMILES string of the molecule is CN(C)c1nc2nc3c(c(NCCO)n2n1)CCC3. The van der Waals surface area contributed by atoms with Crippen molar-refractivity contribution in [2.75, 3.05) is 37.5 Å². The summed E-state index contributed by atoms with van der Waals surface area (Å²) in [4.78, 5) is 10.9. The Morgan fingerprint density at radius 2 is 2.16 bits per heavy atom. The molecule has 0 bridgehead atoms. The Morgan fingerprint density at radius 3 is 2.89 bits per heavy atom. The summed E-state index contributed by atoms with van der Waals surface area (Å²) in [6.07, 6.45) is 3.11. The number of nitrogens with one attached hydrogen (secondary N) is 1. The van der Waals surface area contributed by atoms with Crippen molar-refractivity contribution >= 4 is 17.5 Å². The van der Waals surface area contributed by atoms with Crippen LogP contribution in [0.25, 0.3) is 5.78 Å². The normalized spacial score (nSPS) is 13.8. The number of anilines is 2. The van der Waals surface area contributed by atoms with Crippen LogP contribution in [0.5, 0.6) is 0 Å². The highest BCUT2D eigenvalue weighted by molar-refractivity contribution is 5.56. The van der Waals surface area contributed by atoms with Gasteiger partial charge in [-0.3, -0.25) is 0 Å². The van der Waals surface area contributed by atoms with Gasteiger partial charge in [0.2, 0.25) is 5.95 Å². The zero-order valence-corrected chi connectivity index (χ0v) is 11.2. The smallest absolute Gasteiger partial charge is 0.256 e. The van der Waals surface area contributed by atoms with E-state index < -0.39 is 0 Å². The van der Waals surface area contributed by atoms with Gasteiger partial charge in [-0.1, -0.05) is 0 Å². The van der Waals surface area contributed by atoms with Crippen LogP contribution in [0.1, 0.15) is 17.7 Å². The van der Waals surface area contributed by atoms with Crippen molar-refractivity contribution in [2.45, 2.75) is 19.3 Å². The van der Waals surface area contributed by atoms with Gasteiger partial charge in [-0.2, -0.15) is 9.50 Å². The van der Waals surface area contributed by atoms with E-state index in [1.165, 1.54) is 5.56 Å². The second-order valence-corrected chi connectivity index (χ2v) is 4.91. The highest BCUT2D eigenvalue weighted by Crippen LogP contribution is 2.28. The Labute approximate surface area is 111 Å². The van der Waals surface area contributed by atoms with Crippen LogP contribution in [-0.4, -0.2) is 51.9 Å². The predicted octanol–water partition coefficient (Wildman–Crippen LogP) is 0.0832. The number of aryl methyl sites for hydroxylation is 1. The lowest BCUT2D eigenvalue weighted by Gasteiger charge is -2.11. The van der Waals surface area contributed by atoms with Crippen molar-refractivity contribution in [1.82, 2.24) is 19.6 Å². The summed E-state index contributed by atoms with van der Waals surface area (Å²) in [5, 5.41) is 16.7. The molecule has 2 N–H and O–H groups in total. The van der Waals surface area contributed by atoms with Crippen molar-refractivity contribution < 1.29 is 5.11 Å². The van der Waals surface area contributed by atoms with Crippen LogP contribution in [0.3, 0.4) is 0 Å². The number of rotatable bonds is 4. The summed E-state index contributed by atoms with van der Waals surface area (Å²) in [5.41, 5.74) is 2.31. The first-order chi connectivity index (χ1) is 9.20. The highest BCUT2D eigenvalue weighted by atomic mass is 16.3. The predicted molar refractivity (Wildman–Crippen MR) is 72.7 cm³/mol. The van der Waals surface area contributed by atoms with Crippen LogP contribution in [0.2, 0.25) is 0 Å². The molecule has 2 heterocycles. The molecule has 0 unspecified atom stereocenters. The maximum absolute atomic E-state index is 9.01. The van der Waals surface area contributed by atoms with Crippen molar-refractivity contribution in [3.8, 4) is 0 Å². The van der Waals surface area contributed by atoms with E-state index in [0.717, 1.165) is 30.8 Å². The van der Waals surface area contributed by atoms with Crippen molar-refractivity contribution in [3.63, 3.8) is 0 Å². The fourth-order valence-electron chi connectivity index (χ4n) is 2.42. The van der Waals surface area contributed by atoms with Gasteiger partial charge in [0, 0.05) is 26.2 Å².